The normalized spacial score (nSPS) is 10.8. The van der Waals surface area contributed by atoms with E-state index in [9.17, 15) is 4.79 Å². The molecular formula is C19H24N2O2. The Labute approximate surface area is 138 Å². The molecule has 0 unspecified atom stereocenters. The third-order valence-electron chi connectivity index (χ3n) is 3.37. The van der Waals surface area contributed by atoms with Crippen molar-refractivity contribution < 1.29 is 9.53 Å². The zero-order valence-corrected chi connectivity index (χ0v) is 14.0. The first-order valence-electron chi connectivity index (χ1n) is 7.70. The van der Waals surface area contributed by atoms with E-state index in [1.54, 1.807) is 0 Å². The number of hydrogen-bond acceptors (Lipinski definition) is 3. The summed E-state index contributed by atoms with van der Waals surface area (Å²) in [7, 11) is 4.02. The minimum absolute atomic E-state index is 0.0458. The van der Waals surface area contributed by atoms with Gasteiger partial charge in [-0.05, 0) is 38.2 Å². The van der Waals surface area contributed by atoms with Crippen molar-refractivity contribution in [2.75, 3.05) is 26.0 Å². The van der Waals surface area contributed by atoms with Crippen molar-refractivity contribution in [2.24, 2.45) is 0 Å². The topological polar surface area (TPSA) is 41.6 Å². The first-order valence-corrected chi connectivity index (χ1v) is 7.70. The molecule has 4 nitrogen and oxygen atoms in total. The van der Waals surface area contributed by atoms with Gasteiger partial charge in [0.05, 0.1) is 6.61 Å². The molecule has 122 valence electrons. The number of nitrogens with zero attached hydrogens (tertiary/aromatic N) is 1. The van der Waals surface area contributed by atoms with E-state index in [1.165, 1.54) is 5.56 Å². The summed E-state index contributed by atoms with van der Waals surface area (Å²) < 4.78 is 5.48. The van der Waals surface area contributed by atoms with E-state index in [0.29, 0.717) is 6.61 Å². The Morgan fingerprint density at radius 2 is 1.87 bits per heavy atom. The molecule has 1 N–H and O–H groups in total. The van der Waals surface area contributed by atoms with Crippen molar-refractivity contribution in [3.05, 3.63) is 65.2 Å². The maximum Gasteiger partial charge on any atom is 0.250 e. The molecule has 0 spiro atoms. The molecule has 0 heterocycles. The highest BCUT2D eigenvalue weighted by Gasteiger charge is 2.08. The second-order valence-corrected chi connectivity index (χ2v) is 5.92. The van der Waals surface area contributed by atoms with E-state index in [4.69, 9.17) is 4.74 Å². The number of aryl methyl sites for hydroxylation is 1. The Balaban J connectivity index is 1.89. The number of benzene rings is 2. The molecule has 0 aromatic heterocycles. The molecule has 23 heavy (non-hydrogen) atoms. The van der Waals surface area contributed by atoms with Gasteiger partial charge in [-0.3, -0.25) is 4.79 Å². The van der Waals surface area contributed by atoms with Gasteiger partial charge >= 0.3 is 0 Å². The zero-order chi connectivity index (χ0) is 16.7. The van der Waals surface area contributed by atoms with E-state index >= 15 is 0 Å². The molecule has 0 radical (unpaired) electrons. The third kappa shape index (κ3) is 5.85. The summed E-state index contributed by atoms with van der Waals surface area (Å²) in [5.74, 6) is -0.134. The molecule has 1 amide bonds. The van der Waals surface area contributed by atoms with Crippen molar-refractivity contribution in [3.63, 3.8) is 0 Å². The Morgan fingerprint density at radius 1 is 1.13 bits per heavy atom. The third-order valence-corrected chi connectivity index (χ3v) is 3.37. The highest BCUT2D eigenvalue weighted by molar-refractivity contribution is 5.92. The van der Waals surface area contributed by atoms with Crippen LogP contribution in [0.1, 0.15) is 16.7 Å². The van der Waals surface area contributed by atoms with Gasteiger partial charge in [-0.2, -0.15) is 0 Å². The lowest BCUT2D eigenvalue weighted by Gasteiger charge is -2.16. The molecule has 0 fully saturated rings. The summed E-state index contributed by atoms with van der Waals surface area (Å²) in [6.07, 6.45) is 0. The molecule has 2 aromatic carbocycles. The predicted molar refractivity (Wildman–Crippen MR) is 93.3 cm³/mol. The highest BCUT2D eigenvalue weighted by Crippen LogP contribution is 2.18. The molecule has 0 aliphatic heterocycles. The molecule has 0 aliphatic carbocycles. The number of ether oxygens (including phenoxy) is 1. The first kappa shape index (κ1) is 17.2. The fourth-order valence-electron chi connectivity index (χ4n) is 2.34. The average Bonchev–Trinajstić information content (AvgIpc) is 2.50. The number of nitrogens with one attached hydrogen (secondary N) is 1. The van der Waals surface area contributed by atoms with Gasteiger partial charge in [0.25, 0.3) is 0 Å². The Hall–Kier alpha value is -2.17. The van der Waals surface area contributed by atoms with Gasteiger partial charge in [-0.1, -0.05) is 48.0 Å². The molecule has 4 heteroatoms. The average molecular weight is 312 g/mol. The SMILES string of the molecule is Cc1ccc(NC(=O)COCc2ccccc2)c(CN(C)C)c1. The van der Waals surface area contributed by atoms with Gasteiger partial charge in [0.1, 0.15) is 6.61 Å². The van der Waals surface area contributed by atoms with Gasteiger partial charge in [0, 0.05) is 12.2 Å². The summed E-state index contributed by atoms with van der Waals surface area (Å²) in [5, 5.41) is 2.94. The van der Waals surface area contributed by atoms with Crippen LogP contribution in [-0.2, 0) is 22.7 Å². The molecule has 0 bridgehead atoms. The fraction of sp³-hybridized carbons (Fsp3) is 0.316. The first-order chi connectivity index (χ1) is 11.0. The zero-order valence-electron chi connectivity index (χ0n) is 14.0. The van der Waals surface area contributed by atoms with Crippen LogP contribution in [0.25, 0.3) is 0 Å². The Bertz CT molecular complexity index is 639. The molecule has 0 atom stereocenters. The second kappa shape index (κ2) is 8.46. The van der Waals surface area contributed by atoms with Crippen LogP contribution in [0, 0.1) is 6.92 Å². The number of carbonyl (C=O) groups excluding carboxylic acids is 1. The monoisotopic (exact) mass is 312 g/mol. The molecule has 2 aromatic rings. The summed E-state index contributed by atoms with van der Waals surface area (Å²) in [6, 6.07) is 15.9. The van der Waals surface area contributed by atoms with Crippen LogP contribution in [0.2, 0.25) is 0 Å². The van der Waals surface area contributed by atoms with Crippen molar-refractivity contribution in [3.8, 4) is 0 Å². The number of anilines is 1. The van der Waals surface area contributed by atoms with Crippen LogP contribution in [0.15, 0.2) is 48.5 Å². The number of rotatable bonds is 7. The predicted octanol–water partition coefficient (Wildman–Crippen LogP) is 3.21. The lowest BCUT2D eigenvalue weighted by molar-refractivity contribution is -0.121. The maximum absolute atomic E-state index is 12.1. The van der Waals surface area contributed by atoms with E-state index in [1.807, 2.05) is 63.5 Å². The van der Waals surface area contributed by atoms with Gasteiger partial charge < -0.3 is 15.0 Å². The molecule has 0 aliphatic rings. The van der Waals surface area contributed by atoms with Gasteiger partial charge in [-0.15, -0.1) is 0 Å². The largest absolute Gasteiger partial charge is 0.367 e. The Morgan fingerprint density at radius 3 is 2.57 bits per heavy atom. The van der Waals surface area contributed by atoms with Crippen LogP contribution >= 0.6 is 0 Å². The van der Waals surface area contributed by atoms with E-state index in [2.05, 4.69) is 16.3 Å². The summed E-state index contributed by atoms with van der Waals surface area (Å²) in [6.45, 7) is 3.31. The molecular weight excluding hydrogens is 288 g/mol. The van der Waals surface area contributed by atoms with Crippen molar-refractivity contribution >= 4 is 11.6 Å². The van der Waals surface area contributed by atoms with Crippen LogP contribution < -0.4 is 5.32 Å². The quantitative estimate of drug-likeness (QED) is 0.853. The van der Waals surface area contributed by atoms with Crippen molar-refractivity contribution in [2.45, 2.75) is 20.1 Å². The van der Waals surface area contributed by atoms with Crippen LogP contribution in [0.3, 0.4) is 0 Å². The smallest absolute Gasteiger partial charge is 0.250 e. The standard InChI is InChI=1S/C19H24N2O2/c1-15-9-10-18(17(11-15)12-21(2)3)20-19(22)14-23-13-16-7-5-4-6-8-16/h4-11H,12-14H2,1-3H3,(H,20,22). The Kier molecular flexibility index (Phi) is 6.32. The fourth-order valence-corrected chi connectivity index (χ4v) is 2.34. The number of amides is 1. The van der Waals surface area contributed by atoms with Gasteiger partial charge in [0.15, 0.2) is 0 Å². The van der Waals surface area contributed by atoms with E-state index < -0.39 is 0 Å². The molecule has 0 saturated heterocycles. The number of hydrogen-bond donors (Lipinski definition) is 1. The van der Waals surface area contributed by atoms with Crippen molar-refractivity contribution in [1.82, 2.24) is 4.90 Å². The minimum Gasteiger partial charge on any atom is -0.367 e. The summed E-state index contributed by atoms with van der Waals surface area (Å²) in [4.78, 5) is 14.2. The molecule has 0 saturated carbocycles. The summed E-state index contributed by atoms with van der Waals surface area (Å²) >= 11 is 0. The number of carbonyl (C=O) groups is 1. The van der Waals surface area contributed by atoms with E-state index in [-0.39, 0.29) is 12.5 Å². The van der Waals surface area contributed by atoms with Crippen LogP contribution in [0.4, 0.5) is 5.69 Å². The molecule has 2 rings (SSSR count). The van der Waals surface area contributed by atoms with Crippen LogP contribution in [0.5, 0.6) is 0 Å². The maximum atomic E-state index is 12.1. The van der Waals surface area contributed by atoms with Gasteiger partial charge in [-0.25, -0.2) is 0 Å². The minimum atomic E-state index is -0.134. The second-order valence-electron chi connectivity index (χ2n) is 5.92. The summed E-state index contributed by atoms with van der Waals surface area (Å²) in [5.41, 5.74) is 4.19. The lowest BCUT2D eigenvalue weighted by Crippen LogP contribution is -2.20. The highest BCUT2D eigenvalue weighted by atomic mass is 16.5. The van der Waals surface area contributed by atoms with E-state index in [0.717, 1.165) is 23.4 Å². The lowest BCUT2D eigenvalue weighted by atomic mass is 10.1. The van der Waals surface area contributed by atoms with Crippen molar-refractivity contribution in [1.29, 1.82) is 0 Å². The van der Waals surface area contributed by atoms with Crippen LogP contribution in [-0.4, -0.2) is 31.5 Å². The van der Waals surface area contributed by atoms with Gasteiger partial charge in [0.2, 0.25) is 5.91 Å².